The zero-order valence-electron chi connectivity index (χ0n) is 26.5. The number of ether oxygens (including phenoxy) is 1. The number of anilines is 1. The number of fused-ring (bicyclic) bond motifs is 2. The van der Waals surface area contributed by atoms with E-state index in [2.05, 4.69) is 43.6 Å². The van der Waals surface area contributed by atoms with E-state index in [1.165, 1.54) is 18.7 Å². The van der Waals surface area contributed by atoms with E-state index < -0.39 is 17.8 Å². The van der Waals surface area contributed by atoms with E-state index in [0.717, 1.165) is 61.1 Å². The van der Waals surface area contributed by atoms with Crippen molar-refractivity contribution in [2.45, 2.75) is 62.4 Å². The molecule has 0 bridgehead atoms. The van der Waals surface area contributed by atoms with Crippen molar-refractivity contribution in [3.8, 4) is 5.75 Å². The van der Waals surface area contributed by atoms with E-state index in [0.29, 0.717) is 36.3 Å². The van der Waals surface area contributed by atoms with E-state index >= 15 is 0 Å². The quantitative estimate of drug-likeness (QED) is 0.181. The second-order valence-electron chi connectivity index (χ2n) is 12.6. The zero-order valence-corrected chi connectivity index (χ0v) is 27.4. The standard InChI is InChI=1S/C34H34F3N7O4S/c1-48-28-15-25-21(14-26(28)39-31(46)24-3-2-4-29(38-24)34(35,36)37)18-44(41-25)22-9-11-42(12-10-22)16-19-5-6-23-20(13-19)17-43(33(23)49)27-7-8-30(45)40-32(27)47/h2-6,13-15,18,22,27,33,49H,7-12,16-17H2,1H3,(H,39,46)(H,40,45,47). The SMILES string of the molecule is COc1cc2nn(C3CCN(Cc4ccc5c(c4)CN(C4CCC(=O)NC4=O)C5S)CC3)cc2cc1NC(=O)c1cccc(C(F)(F)F)n1. The van der Waals surface area contributed by atoms with Crippen LogP contribution < -0.4 is 15.4 Å². The molecule has 0 aliphatic carbocycles. The van der Waals surface area contributed by atoms with Crippen LogP contribution in [0.3, 0.4) is 0 Å². The zero-order chi connectivity index (χ0) is 34.4. The molecule has 3 aliphatic rings. The molecule has 0 saturated carbocycles. The summed E-state index contributed by atoms with van der Waals surface area (Å²) in [6.07, 6.45) is -0.173. The first-order valence-corrected chi connectivity index (χ1v) is 16.5. The third kappa shape index (κ3) is 6.74. The summed E-state index contributed by atoms with van der Waals surface area (Å²) in [4.78, 5) is 44.9. The minimum atomic E-state index is -4.67. The van der Waals surface area contributed by atoms with E-state index in [1.54, 1.807) is 12.1 Å². The molecular weight excluding hydrogens is 659 g/mol. The summed E-state index contributed by atoms with van der Waals surface area (Å²) in [5.41, 5.74) is 2.89. The molecule has 5 heterocycles. The topological polar surface area (TPSA) is 122 Å². The van der Waals surface area contributed by atoms with Gasteiger partial charge in [-0.05, 0) is 54.2 Å². The third-order valence-corrected chi connectivity index (χ3v) is 10.0. The normalized spacial score (nSPS) is 20.8. The summed E-state index contributed by atoms with van der Waals surface area (Å²) in [6.45, 7) is 3.13. The van der Waals surface area contributed by atoms with E-state index in [1.807, 2.05) is 10.9 Å². The number of imide groups is 1. The number of amides is 3. The number of carbonyl (C=O) groups excluding carboxylic acids is 3. The van der Waals surface area contributed by atoms with Crippen LogP contribution in [0.25, 0.3) is 10.9 Å². The minimum absolute atomic E-state index is 0.161. The molecule has 2 N–H and O–H groups in total. The Labute approximate surface area is 285 Å². The van der Waals surface area contributed by atoms with Gasteiger partial charge in [0.05, 0.1) is 35.8 Å². The van der Waals surface area contributed by atoms with Crippen molar-refractivity contribution in [2.75, 3.05) is 25.5 Å². The Morgan fingerprint density at radius 1 is 1.10 bits per heavy atom. The number of nitrogens with zero attached hydrogens (tertiary/aromatic N) is 5. The van der Waals surface area contributed by atoms with Gasteiger partial charge in [0.2, 0.25) is 11.8 Å². The van der Waals surface area contributed by atoms with Crippen LogP contribution in [0.15, 0.2) is 54.7 Å². The number of alkyl halides is 3. The van der Waals surface area contributed by atoms with Crippen LogP contribution in [0, 0.1) is 0 Å². The van der Waals surface area contributed by atoms with Crippen LogP contribution >= 0.6 is 12.6 Å². The largest absolute Gasteiger partial charge is 0.494 e. The van der Waals surface area contributed by atoms with Crippen molar-refractivity contribution in [1.82, 2.24) is 29.9 Å². The monoisotopic (exact) mass is 693 g/mol. The van der Waals surface area contributed by atoms with E-state index in [-0.39, 0.29) is 35.0 Å². The van der Waals surface area contributed by atoms with Gasteiger partial charge < -0.3 is 10.1 Å². The fourth-order valence-corrected chi connectivity index (χ4v) is 7.41. The van der Waals surface area contributed by atoms with Gasteiger partial charge in [-0.2, -0.15) is 30.9 Å². The fourth-order valence-electron chi connectivity index (χ4n) is 6.92. The molecule has 0 radical (unpaired) electrons. The van der Waals surface area contributed by atoms with Crippen LogP contribution in [-0.4, -0.2) is 68.5 Å². The average molecular weight is 694 g/mol. The number of benzene rings is 2. The van der Waals surface area contributed by atoms with Crippen molar-refractivity contribution in [2.24, 2.45) is 0 Å². The van der Waals surface area contributed by atoms with Crippen LogP contribution in [0.4, 0.5) is 18.9 Å². The highest BCUT2D eigenvalue weighted by molar-refractivity contribution is 7.80. The first-order valence-electron chi connectivity index (χ1n) is 16.0. The molecule has 3 aliphatic heterocycles. The number of hydrogen-bond donors (Lipinski definition) is 3. The molecule has 2 unspecified atom stereocenters. The van der Waals surface area contributed by atoms with Crippen LogP contribution in [0.1, 0.15) is 70.0 Å². The maximum atomic E-state index is 13.1. The second kappa shape index (κ2) is 13.1. The molecule has 15 heteroatoms. The smallest absolute Gasteiger partial charge is 0.433 e. The number of thiol groups is 1. The lowest BCUT2D eigenvalue weighted by Crippen LogP contribution is -2.51. The summed E-state index contributed by atoms with van der Waals surface area (Å²) in [7, 11) is 1.44. The highest BCUT2D eigenvalue weighted by Crippen LogP contribution is 2.40. The number of halogens is 3. The van der Waals surface area contributed by atoms with Crippen molar-refractivity contribution < 1.29 is 32.3 Å². The highest BCUT2D eigenvalue weighted by Gasteiger charge is 2.39. The van der Waals surface area contributed by atoms with Gasteiger partial charge in [-0.1, -0.05) is 24.3 Å². The Hall–Kier alpha value is -4.47. The van der Waals surface area contributed by atoms with E-state index in [9.17, 15) is 27.6 Å². The third-order valence-electron chi connectivity index (χ3n) is 9.46. The van der Waals surface area contributed by atoms with Gasteiger partial charge in [0.1, 0.15) is 17.1 Å². The molecule has 256 valence electrons. The van der Waals surface area contributed by atoms with Gasteiger partial charge >= 0.3 is 6.18 Å². The molecule has 3 amide bonds. The Kier molecular flexibility index (Phi) is 8.83. The van der Waals surface area contributed by atoms with Crippen molar-refractivity contribution in [3.63, 3.8) is 0 Å². The lowest BCUT2D eigenvalue weighted by atomic mass is 10.0. The highest BCUT2D eigenvalue weighted by atomic mass is 32.1. The Morgan fingerprint density at radius 3 is 2.63 bits per heavy atom. The first kappa shape index (κ1) is 33.0. The Bertz CT molecular complexity index is 1940. The number of methoxy groups -OCH3 is 1. The van der Waals surface area contributed by atoms with Gasteiger partial charge in [0.15, 0.2) is 0 Å². The number of piperidine rings is 2. The van der Waals surface area contributed by atoms with Crippen molar-refractivity contribution in [3.05, 3.63) is 82.8 Å². The number of aromatic nitrogens is 3. The maximum Gasteiger partial charge on any atom is 0.433 e. The summed E-state index contributed by atoms with van der Waals surface area (Å²) < 4.78 is 46.8. The summed E-state index contributed by atoms with van der Waals surface area (Å²) in [6, 6.07) is 12.8. The molecule has 49 heavy (non-hydrogen) atoms. The molecule has 2 atom stereocenters. The van der Waals surface area contributed by atoms with Crippen molar-refractivity contribution in [1.29, 1.82) is 0 Å². The van der Waals surface area contributed by atoms with Gasteiger partial charge in [-0.25, -0.2) is 4.98 Å². The summed E-state index contributed by atoms with van der Waals surface area (Å²) in [5, 5.41) is 10.4. The second-order valence-corrected chi connectivity index (χ2v) is 13.1. The minimum Gasteiger partial charge on any atom is -0.494 e. The Morgan fingerprint density at radius 2 is 1.90 bits per heavy atom. The van der Waals surface area contributed by atoms with Crippen LogP contribution in [-0.2, 0) is 28.9 Å². The predicted octanol–water partition coefficient (Wildman–Crippen LogP) is 5.10. The van der Waals surface area contributed by atoms with Gasteiger partial charge in [0.25, 0.3) is 5.91 Å². The summed E-state index contributed by atoms with van der Waals surface area (Å²) in [5.74, 6) is -0.946. The van der Waals surface area contributed by atoms with Gasteiger partial charge in [-0.3, -0.25) is 34.2 Å². The molecule has 2 fully saturated rings. The fraction of sp³-hybridized carbons (Fsp3) is 0.382. The lowest BCUT2D eigenvalue weighted by molar-refractivity contribution is -0.141. The van der Waals surface area contributed by atoms with Crippen LogP contribution in [0.2, 0.25) is 0 Å². The molecular formula is C34H34F3N7O4S. The molecule has 7 rings (SSSR count). The first-order chi connectivity index (χ1) is 23.5. The lowest BCUT2D eigenvalue weighted by Gasteiger charge is -2.32. The average Bonchev–Trinajstić information content (AvgIpc) is 3.64. The number of pyridine rings is 1. The van der Waals surface area contributed by atoms with Gasteiger partial charge in [0, 0.05) is 50.2 Å². The number of hydrogen-bond acceptors (Lipinski definition) is 9. The van der Waals surface area contributed by atoms with Crippen molar-refractivity contribution >= 4 is 46.9 Å². The Balaban J connectivity index is 0.983. The predicted molar refractivity (Wildman–Crippen MR) is 177 cm³/mol. The molecule has 11 nitrogen and oxygen atoms in total. The molecule has 2 aromatic carbocycles. The molecule has 0 spiro atoms. The molecule has 4 aromatic rings. The van der Waals surface area contributed by atoms with E-state index in [4.69, 9.17) is 22.5 Å². The maximum absolute atomic E-state index is 13.1. The van der Waals surface area contributed by atoms with Crippen LogP contribution in [0.5, 0.6) is 5.75 Å². The number of carbonyl (C=O) groups is 3. The number of likely N-dealkylation sites (tertiary alicyclic amines) is 1. The summed E-state index contributed by atoms with van der Waals surface area (Å²) >= 11 is 4.81. The number of nitrogens with one attached hydrogen (secondary N) is 2. The number of rotatable bonds is 7. The van der Waals surface area contributed by atoms with Gasteiger partial charge in [-0.15, -0.1) is 0 Å². The molecule has 2 aromatic heterocycles. The molecule has 2 saturated heterocycles.